The van der Waals surface area contributed by atoms with Gasteiger partial charge >= 0.3 is 0 Å². The van der Waals surface area contributed by atoms with E-state index < -0.39 is 11.9 Å². The average Bonchev–Trinajstić information content (AvgIpc) is 3.66. The van der Waals surface area contributed by atoms with Crippen LogP contribution < -0.4 is 0 Å². The molecule has 9 heteroatoms. The number of nitrogens with zero attached hydrogens (tertiary/aromatic N) is 3. The smallest absolute Gasteiger partial charge is 0.255 e. The first-order valence-electron chi connectivity index (χ1n) is 11.7. The number of aromatic hydroxyl groups is 1. The molecule has 2 aromatic carbocycles. The van der Waals surface area contributed by atoms with Crippen LogP contribution in [0.1, 0.15) is 39.0 Å². The summed E-state index contributed by atoms with van der Waals surface area (Å²) in [5.41, 5.74) is 3.77. The first-order chi connectivity index (χ1) is 18.0. The fourth-order valence-electron chi connectivity index (χ4n) is 4.81. The number of aryl methyl sites for hydroxylation is 1. The number of carbonyl (C=O) groups is 2. The molecule has 3 aromatic heterocycles. The summed E-state index contributed by atoms with van der Waals surface area (Å²) in [5, 5.41) is 14.1. The van der Waals surface area contributed by atoms with E-state index in [0.29, 0.717) is 12.0 Å². The number of thiazole rings is 1. The second kappa shape index (κ2) is 9.25. The molecular weight excluding hydrogens is 491 g/mol. The molecule has 1 unspecified atom stereocenters. The van der Waals surface area contributed by atoms with Crippen molar-refractivity contribution in [2.45, 2.75) is 25.4 Å². The number of aromatic amines is 1. The number of amides is 1. The topological polar surface area (TPSA) is 99.2 Å². The summed E-state index contributed by atoms with van der Waals surface area (Å²) in [6.07, 6.45) is 5.73. The third-order valence-electron chi connectivity index (χ3n) is 6.64. The number of halogens is 1. The van der Waals surface area contributed by atoms with E-state index in [2.05, 4.69) is 15.0 Å². The van der Waals surface area contributed by atoms with Gasteiger partial charge in [-0.25, -0.2) is 14.4 Å². The molecule has 1 aliphatic rings. The zero-order valence-corrected chi connectivity index (χ0v) is 20.3. The van der Waals surface area contributed by atoms with E-state index in [9.17, 15) is 19.1 Å². The molecule has 184 valence electrons. The summed E-state index contributed by atoms with van der Waals surface area (Å²) in [6.45, 7) is 0.174. The number of nitrogens with one attached hydrogen (secondary N) is 1. The van der Waals surface area contributed by atoms with Gasteiger partial charge in [-0.05, 0) is 47.5 Å². The lowest BCUT2D eigenvalue weighted by molar-refractivity contribution is -0.123. The van der Waals surface area contributed by atoms with Crippen LogP contribution in [-0.4, -0.2) is 36.6 Å². The van der Waals surface area contributed by atoms with Gasteiger partial charge in [0.25, 0.3) is 5.91 Å². The standard InChI is InChI=1S/C28H21FN4O3S/c29-20-3-4-23(34)22(13-20)26(24(35)5-6-25-30-9-10-37-25)33-15-18-2-1-16(12-21(18)28(33)36)19-11-17-7-8-31-27(17)32-14-19/h1-4,7-14,26,34H,5-6,15H2,(H,31,32). The van der Waals surface area contributed by atoms with Crippen molar-refractivity contribution in [2.24, 2.45) is 0 Å². The predicted molar refractivity (Wildman–Crippen MR) is 138 cm³/mol. The van der Waals surface area contributed by atoms with Crippen molar-refractivity contribution in [1.29, 1.82) is 0 Å². The van der Waals surface area contributed by atoms with Crippen molar-refractivity contribution in [3.8, 4) is 16.9 Å². The number of carbonyl (C=O) groups excluding carboxylic acids is 2. The molecule has 0 bridgehead atoms. The number of H-pyrrole nitrogens is 1. The van der Waals surface area contributed by atoms with Crippen LogP contribution in [0.25, 0.3) is 22.2 Å². The molecule has 0 radical (unpaired) electrons. The maximum absolute atomic E-state index is 14.2. The molecule has 2 N–H and O–H groups in total. The van der Waals surface area contributed by atoms with Crippen molar-refractivity contribution in [1.82, 2.24) is 19.9 Å². The van der Waals surface area contributed by atoms with Crippen molar-refractivity contribution in [3.63, 3.8) is 0 Å². The molecule has 1 amide bonds. The summed E-state index contributed by atoms with van der Waals surface area (Å²) >= 11 is 1.44. The zero-order chi connectivity index (χ0) is 25.5. The minimum absolute atomic E-state index is 0.0765. The Labute approximate surface area is 215 Å². The average molecular weight is 513 g/mol. The van der Waals surface area contributed by atoms with Gasteiger partial charge in [0.2, 0.25) is 0 Å². The first-order valence-corrected chi connectivity index (χ1v) is 12.6. The van der Waals surface area contributed by atoms with Gasteiger partial charge in [0.05, 0.1) is 5.01 Å². The number of aromatic nitrogens is 3. The maximum atomic E-state index is 14.2. The molecule has 0 fully saturated rings. The lowest BCUT2D eigenvalue weighted by Crippen LogP contribution is -2.35. The molecule has 4 heterocycles. The molecule has 0 aliphatic carbocycles. The Hall–Kier alpha value is -4.37. The van der Waals surface area contributed by atoms with Gasteiger partial charge in [0.15, 0.2) is 5.78 Å². The van der Waals surface area contributed by atoms with Gasteiger partial charge in [-0.15, -0.1) is 11.3 Å². The Morgan fingerprint density at radius 3 is 2.86 bits per heavy atom. The summed E-state index contributed by atoms with van der Waals surface area (Å²) < 4.78 is 14.2. The van der Waals surface area contributed by atoms with E-state index in [-0.39, 0.29) is 36.0 Å². The molecular formula is C28H21FN4O3S. The number of hydrogen-bond donors (Lipinski definition) is 2. The molecule has 6 rings (SSSR count). The third kappa shape index (κ3) is 4.27. The number of fused-ring (bicyclic) bond motifs is 2. The number of ketones is 1. The minimum atomic E-state index is -1.13. The van der Waals surface area contributed by atoms with Crippen molar-refractivity contribution in [2.75, 3.05) is 0 Å². The summed E-state index contributed by atoms with van der Waals surface area (Å²) in [7, 11) is 0. The first kappa shape index (κ1) is 23.1. The van der Waals surface area contributed by atoms with Crippen molar-refractivity contribution >= 4 is 34.1 Å². The lowest BCUT2D eigenvalue weighted by Gasteiger charge is -2.27. The quantitative estimate of drug-likeness (QED) is 0.303. The highest BCUT2D eigenvalue weighted by Crippen LogP contribution is 2.38. The van der Waals surface area contributed by atoms with Crippen LogP contribution in [0.4, 0.5) is 4.39 Å². The zero-order valence-electron chi connectivity index (χ0n) is 19.5. The summed E-state index contributed by atoms with van der Waals surface area (Å²) in [5.74, 6) is -1.46. The lowest BCUT2D eigenvalue weighted by atomic mass is 9.97. The van der Waals surface area contributed by atoms with E-state index in [4.69, 9.17) is 0 Å². The van der Waals surface area contributed by atoms with E-state index >= 15 is 0 Å². The van der Waals surface area contributed by atoms with Gasteiger partial charge in [-0.1, -0.05) is 12.1 Å². The SMILES string of the molecule is O=C(CCc1nccs1)C(c1cc(F)ccc1O)N1Cc2ccc(-c3cnc4[nH]ccc4c3)cc2C1=O. The van der Waals surface area contributed by atoms with E-state index in [0.717, 1.165) is 44.9 Å². The predicted octanol–water partition coefficient (Wildman–Crippen LogP) is 5.43. The summed E-state index contributed by atoms with van der Waals surface area (Å²) in [6, 6.07) is 11.8. The van der Waals surface area contributed by atoms with Crippen LogP contribution in [0, 0.1) is 5.82 Å². The Morgan fingerprint density at radius 2 is 2.03 bits per heavy atom. The maximum Gasteiger partial charge on any atom is 0.255 e. The van der Waals surface area contributed by atoms with Crippen LogP contribution in [0.15, 0.2) is 72.5 Å². The van der Waals surface area contributed by atoms with Gasteiger partial charge in [-0.3, -0.25) is 9.59 Å². The number of phenolic OH excluding ortho intramolecular Hbond substituents is 1. The van der Waals surface area contributed by atoms with Gasteiger partial charge in [-0.2, -0.15) is 0 Å². The molecule has 1 atom stereocenters. The Morgan fingerprint density at radius 1 is 1.14 bits per heavy atom. The van der Waals surface area contributed by atoms with Crippen molar-refractivity contribution < 1.29 is 19.1 Å². The number of phenols is 1. The van der Waals surface area contributed by atoms with Crippen LogP contribution in [0.5, 0.6) is 5.75 Å². The van der Waals surface area contributed by atoms with Crippen LogP contribution in [-0.2, 0) is 17.8 Å². The molecule has 0 saturated heterocycles. The van der Waals surface area contributed by atoms with E-state index in [1.165, 1.54) is 22.3 Å². The van der Waals surface area contributed by atoms with Crippen LogP contribution in [0.3, 0.4) is 0 Å². The van der Waals surface area contributed by atoms with E-state index in [1.807, 2.05) is 35.8 Å². The van der Waals surface area contributed by atoms with Crippen molar-refractivity contribution in [3.05, 3.63) is 100 Å². The highest BCUT2D eigenvalue weighted by atomic mass is 32.1. The van der Waals surface area contributed by atoms with Crippen LogP contribution >= 0.6 is 11.3 Å². The molecule has 5 aromatic rings. The second-order valence-corrected chi connectivity index (χ2v) is 9.92. The molecule has 37 heavy (non-hydrogen) atoms. The molecule has 0 spiro atoms. The highest BCUT2D eigenvalue weighted by molar-refractivity contribution is 7.09. The molecule has 1 aliphatic heterocycles. The minimum Gasteiger partial charge on any atom is -0.508 e. The highest BCUT2D eigenvalue weighted by Gasteiger charge is 2.38. The largest absolute Gasteiger partial charge is 0.508 e. The fraction of sp³-hybridized carbons (Fsp3) is 0.143. The Balaban J connectivity index is 1.34. The number of hydrogen-bond acceptors (Lipinski definition) is 6. The normalized spacial score (nSPS) is 13.8. The monoisotopic (exact) mass is 512 g/mol. The van der Waals surface area contributed by atoms with Gasteiger partial charge in [0, 0.05) is 65.4 Å². The number of rotatable bonds is 7. The van der Waals surface area contributed by atoms with E-state index in [1.54, 1.807) is 18.5 Å². The van der Waals surface area contributed by atoms with Crippen LogP contribution in [0.2, 0.25) is 0 Å². The number of benzene rings is 2. The number of pyridine rings is 1. The van der Waals surface area contributed by atoms with Gasteiger partial charge in [0.1, 0.15) is 23.3 Å². The van der Waals surface area contributed by atoms with Gasteiger partial charge < -0.3 is 15.0 Å². The third-order valence-corrected chi connectivity index (χ3v) is 7.48. The Bertz CT molecular complexity index is 1650. The molecule has 7 nitrogen and oxygen atoms in total. The fourth-order valence-corrected chi connectivity index (χ4v) is 5.43. The number of Topliss-reactive ketones (excluding diaryl/α,β-unsaturated/α-hetero) is 1. The summed E-state index contributed by atoms with van der Waals surface area (Å²) in [4.78, 5) is 40.3. The molecule has 0 saturated carbocycles. The second-order valence-electron chi connectivity index (χ2n) is 8.94. The Kier molecular flexibility index (Phi) is 5.77.